The standard InChI is InChI=1S/C38H44N12O7.ClH/c1-6-49-27(15-21(3)45-49)35(54)43-37-41-25-17-23(33(39)52)19-29(56-5)31(25)47(37)11-8-9-12-48-32-26(18-24(34(40)53)20-30(32)57-14-10-13-51)42-38(48)44-36(55)28-16-22(4)46-50(28)7-2;/h8-9,15-20,51H,6-7,10-14H2,1-5H3,(H2,39,52)(H2,40,53)(H,41,43,54)(H,42,44,55);1H. The molecule has 0 fully saturated rings. The van der Waals surface area contributed by atoms with E-state index in [0.717, 1.165) is 0 Å². The molecule has 58 heavy (non-hydrogen) atoms. The van der Waals surface area contributed by atoms with Crippen molar-refractivity contribution >= 4 is 70.0 Å². The van der Waals surface area contributed by atoms with Crippen molar-refractivity contribution in [1.29, 1.82) is 0 Å². The van der Waals surface area contributed by atoms with Crippen LogP contribution >= 0.6 is 12.4 Å². The van der Waals surface area contributed by atoms with E-state index in [4.69, 9.17) is 20.9 Å². The maximum absolute atomic E-state index is 13.6. The topological polar surface area (TPSA) is 254 Å². The second-order valence-electron chi connectivity index (χ2n) is 13.0. The lowest BCUT2D eigenvalue weighted by atomic mass is 10.1. The number of amides is 4. The zero-order valence-corrected chi connectivity index (χ0v) is 33.4. The van der Waals surface area contributed by atoms with Crippen molar-refractivity contribution in [3.05, 3.63) is 82.5 Å². The quantitative estimate of drug-likeness (QED) is 0.0657. The summed E-state index contributed by atoms with van der Waals surface area (Å²) in [5.41, 5.74) is 15.2. The maximum atomic E-state index is 13.6. The van der Waals surface area contributed by atoms with Gasteiger partial charge < -0.3 is 35.2 Å². The van der Waals surface area contributed by atoms with Gasteiger partial charge in [-0.25, -0.2) is 9.97 Å². The number of benzene rings is 2. The SMILES string of the molecule is CCn1nc(C)cc1C(=O)Nc1nc2cc(C(N)=O)cc(OC)c2n1CC=CCn1c(NC(=O)c2cc(C)nn2CC)nc2cc(C(N)=O)cc(OCCCO)c21.Cl. The number of primary amides is 2. The Morgan fingerprint density at radius 2 is 1.19 bits per heavy atom. The Morgan fingerprint density at radius 3 is 1.60 bits per heavy atom. The van der Waals surface area contributed by atoms with Crippen LogP contribution in [0.25, 0.3) is 22.1 Å². The molecule has 0 spiro atoms. The number of methoxy groups -OCH3 is 1. The molecule has 0 bridgehead atoms. The van der Waals surface area contributed by atoms with Gasteiger partial charge in [0.15, 0.2) is 0 Å². The Labute approximate surface area is 338 Å². The highest BCUT2D eigenvalue weighted by Gasteiger charge is 2.23. The van der Waals surface area contributed by atoms with Gasteiger partial charge in [0.1, 0.15) is 33.9 Å². The summed E-state index contributed by atoms with van der Waals surface area (Å²) in [4.78, 5) is 61.1. The maximum Gasteiger partial charge on any atom is 0.276 e. The number of imidazole rings is 2. The molecule has 0 aliphatic carbocycles. The van der Waals surface area contributed by atoms with Crippen LogP contribution in [0.2, 0.25) is 0 Å². The fourth-order valence-corrected chi connectivity index (χ4v) is 6.43. The first-order chi connectivity index (χ1) is 27.4. The molecular weight excluding hydrogens is 772 g/mol. The first kappa shape index (κ1) is 42.4. The molecule has 306 valence electrons. The highest BCUT2D eigenvalue weighted by atomic mass is 35.5. The first-order valence-electron chi connectivity index (χ1n) is 18.2. The third kappa shape index (κ3) is 8.64. The summed E-state index contributed by atoms with van der Waals surface area (Å²) < 4.78 is 18.3. The summed E-state index contributed by atoms with van der Waals surface area (Å²) in [5.74, 6) is -1.38. The van der Waals surface area contributed by atoms with Crippen LogP contribution in [-0.4, -0.2) is 87.7 Å². The summed E-state index contributed by atoms with van der Waals surface area (Å²) in [6, 6.07) is 9.38. The fourth-order valence-electron chi connectivity index (χ4n) is 6.43. The molecule has 20 heteroatoms. The van der Waals surface area contributed by atoms with Crippen LogP contribution in [0.5, 0.6) is 11.5 Å². The molecule has 4 aromatic heterocycles. The molecule has 6 rings (SSSR count). The number of nitrogens with zero attached hydrogens (tertiary/aromatic N) is 8. The Hall–Kier alpha value is -6.73. The van der Waals surface area contributed by atoms with E-state index in [0.29, 0.717) is 70.1 Å². The number of aliphatic hydroxyl groups is 1. The minimum Gasteiger partial charge on any atom is -0.494 e. The van der Waals surface area contributed by atoms with E-state index in [-0.39, 0.29) is 67.5 Å². The number of fused-ring (bicyclic) bond motifs is 2. The number of hydrogen-bond acceptors (Lipinski definition) is 11. The fraction of sp³-hybridized carbons (Fsp3) is 0.316. The largest absolute Gasteiger partial charge is 0.494 e. The van der Waals surface area contributed by atoms with Crippen molar-refractivity contribution < 1.29 is 33.8 Å². The van der Waals surface area contributed by atoms with E-state index in [9.17, 15) is 24.3 Å². The van der Waals surface area contributed by atoms with Gasteiger partial charge in [-0.15, -0.1) is 12.4 Å². The number of aryl methyl sites for hydroxylation is 4. The molecule has 0 aliphatic rings. The monoisotopic (exact) mass is 816 g/mol. The number of halogens is 1. The van der Waals surface area contributed by atoms with Crippen molar-refractivity contribution in [1.82, 2.24) is 38.7 Å². The van der Waals surface area contributed by atoms with E-state index >= 15 is 0 Å². The molecule has 0 aliphatic heterocycles. The van der Waals surface area contributed by atoms with Gasteiger partial charge in [0.2, 0.25) is 23.7 Å². The smallest absolute Gasteiger partial charge is 0.276 e. The minimum absolute atomic E-state index is 0. The van der Waals surface area contributed by atoms with Crippen molar-refractivity contribution in [2.45, 2.75) is 60.3 Å². The number of aromatic nitrogens is 8. The number of nitrogens with one attached hydrogen (secondary N) is 2. The van der Waals surface area contributed by atoms with Gasteiger partial charge in [0, 0.05) is 50.3 Å². The lowest BCUT2D eigenvalue weighted by molar-refractivity contribution is 0.0991. The van der Waals surface area contributed by atoms with Crippen LogP contribution in [0.3, 0.4) is 0 Å². The normalized spacial score (nSPS) is 11.3. The molecule has 0 saturated carbocycles. The van der Waals surface area contributed by atoms with Gasteiger partial charge in [-0.2, -0.15) is 10.2 Å². The summed E-state index contributed by atoms with van der Waals surface area (Å²) in [7, 11) is 1.45. The Kier molecular flexibility index (Phi) is 13.2. The number of carbonyl (C=O) groups excluding carboxylic acids is 4. The van der Waals surface area contributed by atoms with Crippen LogP contribution in [-0.2, 0) is 26.2 Å². The number of allylic oxidation sites excluding steroid dienone is 2. The predicted octanol–water partition coefficient (Wildman–Crippen LogP) is 3.59. The minimum atomic E-state index is -0.700. The first-order valence-corrected chi connectivity index (χ1v) is 18.2. The molecule has 7 N–H and O–H groups in total. The van der Waals surface area contributed by atoms with Gasteiger partial charge in [-0.05, 0) is 64.1 Å². The van der Waals surface area contributed by atoms with E-state index in [1.54, 1.807) is 44.5 Å². The molecule has 19 nitrogen and oxygen atoms in total. The Morgan fingerprint density at radius 1 is 0.741 bits per heavy atom. The van der Waals surface area contributed by atoms with Crippen LogP contribution in [0.1, 0.15) is 73.3 Å². The lowest BCUT2D eigenvalue weighted by Crippen LogP contribution is -2.20. The van der Waals surface area contributed by atoms with Gasteiger partial charge in [0.05, 0.1) is 36.1 Å². The molecule has 0 saturated heterocycles. The van der Waals surface area contributed by atoms with Crippen molar-refractivity contribution in [3.8, 4) is 11.5 Å². The van der Waals surface area contributed by atoms with E-state index in [1.807, 2.05) is 26.0 Å². The summed E-state index contributed by atoms with van der Waals surface area (Å²) in [5, 5.41) is 24.0. The number of rotatable bonds is 17. The molecule has 4 amide bonds. The summed E-state index contributed by atoms with van der Waals surface area (Å²) in [6.45, 7) is 8.56. The van der Waals surface area contributed by atoms with Gasteiger partial charge >= 0.3 is 0 Å². The molecular formula is C38H45ClN12O7. The zero-order chi connectivity index (χ0) is 41.0. The molecule has 0 unspecified atom stereocenters. The van der Waals surface area contributed by atoms with E-state index in [2.05, 4.69) is 30.8 Å². The number of ether oxygens (including phenoxy) is 2. The average molecular weight is 817 g/mol. The van der Waals surface area contributed by atoms with Gasteiger partial charge in [-0.1, -0.05) is 12.2 Å². The number of nitrogens with two attached hydrogens (primary N) is 2. The van der Waals surface area contributed by atoms with Crippen molar-refractivity contribution in [2.75, 3.05) is 31.0 Å². The van der Waals surface area contributed by atoms with Crippen LogP contribution < -0.4 is 31.6 Å². The second-order valence-corrected chi connectivity index (χ2v) is 13.0. The van der Waals surface area contributed by atoms with Gasteiger partial charge in [-0.3, -0.25) is 39.2 Å². The van der Waals surface area contributed by atoms with E-state index < -0.39 is 23.6 Å². The summed E-state index contributed by atoms with van der Waals surface area (Å²) in [6.07, 6.45) is 3.95. The van der Waals surface area contributed by atoms with Crippen molar-refractivity contribution in [2.24, 2.45) is 11.5 Å². The molecule has 2 aromatic carbocycles. The molecule has 4 heterocycles. The molecule has 0 radical (unpaired) electrons. The van der Waals surface area contributed by atoms with Crippen molar-refractivity contribution in [3.63, 3.8) is 0 Å². The van der Waals surface area contributed by atoms with Gasteiger partial charge in [0.25, 0.3) is 11.8 Å². The summed E-state index contributed by atoms with van der Waals surface area (Å²) >= 11 is 0. The number of carbonyl (C=O) groups is 4. The third-order valence-electron chi connectivity index (χ3n) is 9.02. The average Bonchev–Trinajstić information content (AvgIpc) is 3.95. The Balaban J connectivity index is 0.00000641. The lowest BCUT2D eigenvalue weighted by Gasteiger charge is -2.13. The highest BCUT2D eigenvalue weighted by molar-refractivity contribution is 6.05. The predicted molar refractivity (Wildman–Crippen MR) is 218 cm³/mol. The van der Waals surface area contributed by atoms with Crippen LogP contribution in [0.15, 0.2) is 48.6 Å². The van der Waals surface area contributed by atoms with E-state index in [1.165, 1.54) is 31.4 Å². The number of hydrogen-bond donors (Lipinski definition) is 5. The Bertz CT molecular complexity index is 2550. The number of aliphatic hydroxyl groups excluding tert-OH is 1. The molecule has 0 atom stereocenters. The number of anilines is 2. The second kappa shape index (κ2) is 18.0. The zero-order valence-electron chi connectivity index (χ0n) is 32.6. The van der Waals surface area contributed by atoms with Crippen LogP contribution in [0, 0.1) is 13.8 Å². The molecule has 6 aromatic rings. The third-order valence-corrected chi connectivity index (χ3v) is 9.02. The highest BCUT2D eigenvalue weighted by Crippen LogP contribution is 2.33. The van der Waals surface area contributed by atoms with Crippen LogP contribution in [0.4, 0.5) is 11.9 Å².